The number of benzene rings is 2. The van der Waals surface area contributed by atoms with Crippen molar-refractivity contribution in [3.05, 3.63) is 70.8 Å². The normalized spacial score (nSPS) is 11.0. The minimum Gasteiger partial charge on any atom is -0.295 e. The average molecular weight is 281 g/mol. The van der Waals surface area contributed by atoms with Crippen LogP contribution < -0.4 is 0 Å². The first-order chi connectivity index (χ1) is 10.2. The van der Waals surface area contributed by atoms with E-state index in [2.05, 4.69) is 74.2 Å². The van der Waals surface area contributed by atoms with E-state index in [1.54, 1.807) is 0 Å². The van der Waals surface area contributed by atoms with Crippen LogP contribution in [0.3, 0.4) is 0 Å². The van der Waals surface area contributed by atoms with Crippen LogP contribution in [0.15, 0.2) is 48.5 Å². The van der Waals surface area contributed by atoms with Crippen molar-refractivity contribution in [2.24, 2.45) is 0 Å². The quantitative estimate of drug-likeness (QED) is 0.702. The molecular weight excluding hydrogens is 254 g/mol. The molecule has 0 aliphatic rings. The smallest absolute Gasteiger partial charge is 0.0237 e. The average Bonchev–Trinajstić information content (AvgIpc) is 2.54. The Bertz CT molecular complexity index is 510. The molecule has 2 aromatic rings. The predicted octanol–water partition coefficient (Wildman–Crippen LogP) is 4.83. The fraction of sp³-hybridized carbons (Fsp3) is 0.400. The number of rotatable bonds is 7. The summed E-state index contributed by atoms with van der Waals surface area (Å²) in [7, 11) is 0. The fourth-order valence-electron chi connectivity index (χ4n) is 2.69. The molecule has 0 aliphatic heterocycles. The molecule has 0 bridgehead atoms. The second-order valence-electron chi connectivity index (χ2n) is 5.65. The molecule has 112 valence electrons. The van der Waals surface area contributed by atoms with Crippen LogP contribution >= 0.6 is 0 Å². The highest BCUT2D eigenvalue weighted by atomic mass is 15.1. The van der Waals surface area contributed by atoms with Crippen LogP contribution in [-0.2, 0) is 25.9 Å². The van der Waals surface area contributed by atoms with Gasteiger partial charge >= 0.3 is 0 Å². The van der Waals surface area contributed by atoms with E-state index in [4.69, 9.17) is 0 Å². The molecule has 0 aromatic heterocycles. The van der Waals surface area contributed by atoms with Crippen LogP contribution in [0.25, 0.3) is 0 Å². The van der Waals surface area contributed by atoms with E-state index in [9.17, 15) is 0 Å². The van der Waals surface area contributed by atoms with Gasteiger partial charge < -0.3 is 0 Å². The molecule has 0 atom stereocenters. The van der Waals surface area contributed by atoms with E-state index in [1.807, 2.05) is 0 Å². The van der Waals surface area contributed by atoms with Crippen LogP contribution in [0, 0.1) is 0 Å². The second-order valence-corrected chi connectivity index (χ2v) is 5.65. The summed E-state index contributed by atoms with van der Waals surface area (Å²) >= 11 is 0. The number of aryl methyl sites for hydroxylation is 2. The molecule has 0 aliphatic carbocycles. The first-order valence-corrected chi connectivity index (χ1v) is 8.13. The highest BCUT2D eigenvalue weighted by Gasteiger charge is 2.06. The van der Waals surface area contributed by atoms with Crippen molar-refractivity contribution in [3.8, 4) is 0 Å². The van der Waals surface area contributed by atoms with Gasteiger partial charge in [0, 0.05) is 13.1 Å². The van der Waals surface area contributed by atoms with Gasteiger partial charge in [-0.25, -0.2) is 0 Å². The summed E-state index contributed by atoms with van der Waals surface area (Å²) in [5.41, 5.74) is 5.69. The minimum absolute atomic E-state index is 1.03. The molecule has 0 spiro atoms. The molecule has 0 saturated carbocycles. The van der Waals surface area contributed by atoms with E-state index >= 15 is 0 Å². The van der Waals surface area contributed by atoms with E-state index in [1.165, 1.54) is 22.3 Å². The Morgan fingerprint density at radius 3 is 1.48 bits per heavy atom. The third kappa shape index (κ3) is 4.71. The van der Waals surface area contributed by atoms with Gasteiger partial charge in [0.1, 0.15) is 0 Å². The lowest BCUT2D eigenvalue weighted by Gasteiger charge is -2.21. The van der Waals surface area contributed by atoms with Gasteiger partial charge in [-0.3, -0.25) is 4.90 Å². The molecule has 0 unspecified atom stereocenters. The van der Waals surface area contributed by atoms with E-state index < -0.39 is 0 Å². The molecule has 0 saturated heterocycles. The molecule has 0 fully saturated rings. The Morgan fingerprint density at radius 1 is 0.667 bits per heavy atom. The Hall–Kier alpha value is -1.60. The molecule has 21 heavy (non-hydrogen) atoms. The highest BCUT2D eigenvalue weighted by Crippen LogP contribution is 2.13. The van der Waals surface area contributed by atoms with Crippen LogP contribution in [0.1, 0.15) is 43.0 Å². The molecule has 0 N–H and O–H groups in total. The molecule has 2 rings (SSSR count). The zero-order valence-corrected chi connectivity index (χ0v) is 13.6. The van der Waals surface area contributed by atoms with E-state index in [0.717, 1.165) is 32.5 Å². The monoisotopic (exact) mass is 281 g/mol. The molecule has 1 heteroatoms. The maximum atomic E-state index is 2.50. The summed E-state index contributed by atoms with van der Waals surface area (Å²) in [5, 5.41) is 0. The summed E-state index contributed by atoms with van der Waals surface area (Å²) in [6, 6.07) is 17.9. The first-order valence-electron chi connectivity index (χ1n) is 8.13. The topological polar surface area (TPSA) is 3.24 Å². The number of nitrogens with zero attached hydrogens (tertiary/aromatic N) is 1. The van der Waals surface area contributed by atoms with Crippen molar-refractivity contribution in [2.45, 2.75) is 46.7 Å². The van der Waals surface area contributed by atoms with Gasteiger partial charge in [0.15, 0.2) is 0 Å². The Balaban J connectivity index is 2.05. The summed E-state index contributed by atoms with van der Waals surface area (Å²) < 4.78 is 0. The first kappa shape index (κ1) is 15.8. The van der Waals surface area contributed by atoms with Crippen LogP contribution in [0.5, 0.6) is 0 Å². The Labute approximate surface area is 129 Å². The zero-order chi connectivity index (χ0) is 15.1. The van der Waals surface area contributed by atoms with Crippen molar-refractivity contribution in [2.75, 3.05) is 6.54 Å². The van der Waals surface area contributed by atoms with Crippen molar-refractivity contribution >= 4 is 0 Å². The van der Waals surface area contributed by atoms with Crippen LogP contribution in [0.4, 0.5) is 0 Å². The van der Waals surface area contributed by atoms with Gasteiger partial charge in [0.2, 0.25) is 0 Å². The van der Waals surface area contributed by atoms with Crippen LogP contribution in [-0.4, -0.2) is 11.4 Å². The maximum absolute atomic E-state index is 2.50. The Morgan fingerprint density at radius 2 is 1.10 bits per heavy atom. The summed E-state index contributed by atoms with van der Waals surface area (Å²) in [6.07, 6.45) is 2.22. The maximum Gasteiger partial charge on any atom is 0.0237 e. The molecule has 2 aromatic carbocycles. The number of hydrogen-bond acceptors (Lipinski definition) is 1. The van der Waals surface area contributed by atoms with Gasteiger partial charge in [-0.15, -0.1) is 0 Å². The largest absolute Gasteiger partial charge is 0.295 e. The standard InChI is InChI=1S/C20H27N/c1-4-17-9-7-11-19(13-17)15-21(6-3)16-20-12-8-10-18(5-2)14-20/h7-14H,4-6,15-16H2,1-3H3. The van der Waals surface area contributed by atoms with E-state index in [0.29, 0.717) is 0 Å². The van der Waals surface area contributed by atoms with E-state index in [-0.39, 0.29) is 0 Å². The minimum atomic E-state index is 1.03. The molecular formula is C20H27N. The van der Waals surface area contributed by atoms with Crippen molar-refractivity contribution in [1.82, 2.24) is 4.90 Å². The summed E-state index contributed by atoms with van der Waals surface area (Å²) in [4.78, 5) is 2.50. The molecule has 0 heterocycles. The lowest BCUT2D eigenvalue weighted by Crippen LogP contribution is -2.22. The number of hydrogen-bond donors (Lipinski definition) is 0. The summed E-state index contributed by atoms with van der Waals surface area (Å²) in [5.74, 6) is 0. The van der Waals surface area contributed by atoms with Gasteiger partial charge in [-0.05, 0) is 41.6 Å². The lowest BCUT2D eigenvalue weighted by molar-refractivity contribution is 0.271. The zero-order valence-electron chi connectivity index (χ0n) is 13.6. The van der Waals surface area contributed by atoms with Gasteiger partial charge in [-0.2, -0.15) is 0 Å². The third-order valence-electron chi connectivity index (χ3n) is 4.06. The Kier molecular flexibility index (Phi) is 6.01. The third-order valence-corrected chi connectivity index (χ3v) is 4.06. The van der Waals surface area contributed by atoms with Gasteiger partial charge in [0.05, 0.1) is 0 Å². The fourth-order valence-corrected chi connectivity index (χ4v) is 2.69. The van der Waals surface area contributed by atoms with Crippen molar-refractivity contribution in [3.63, 3.8) is 0 Å². The lowest BCUT2D eigenvalue weighted by atomic mass is 10.1. The molecule has 1 nitrogen and oxygen atoms in total. The molecule has 0 amide bonds. The molecule has 0 radical (unpaired) electrons. The predicted molar refractivity (Wildman–Crippen MR) is 91.4 cm³/mol. The van der Waals surface area contributed by atoms with Crippen LogP contribution in [0.2, 0.25) is 0 Å². The SMILES string of the molecule is CCc1cccc(CN(CC)Cc2cccc(CC)c2)c1. The highest BCUT2D eigenvalue weighted by molar-refractivity contribution is 5.25. The summed E-state index contributed by atoms with van der Waals surface area (Å²) in [6.45, 7) is 9.81. The van der Waals surface area contributed by atoms with Gasteiger partial charge in [-0.1, -0.05) is 69.3 Å². The van der Waals surface area contributed by atoms with Crippen molar-refractivity contribution < 1.29 is 0 Å². The second kappa shape index (κ2) is 7.99. The van der Waals surface area contributed by atoms with Gasteiger partial charge in [0.25, 0.3) is 0 Å². The van der Waals surface area contributed by atoms with Crippen molar-refractivity contribution in [1.29, 1.82) is 0 Å².